The zero-order valence-electron chi connectivity index (χ0n) is 17.1. The molecule has 1 atom stereocenters. The first kappa shape index (κ1) is 20.5. The third-order valence-corrected chi connectivity index (χ3v) is 5.78. The molecule has 0 spiro atoms. The van der Waals surface area contributed by atoms with E-state index in [4.69, 9.17) is 9.57 Å². The molecule has 2 aliphatic heterocycles. The van der Waals surface area contributed by atoms with E-state index in [1.165, 1.54) is 5.56 Å². The number of ketones is 1. The molecule has 3 rings (SSSR count). The highest BCUT2D eigenvalue weighted by Gasteiger charge is 2.46. The molecule has 6 nitrogen and oxygen atoms in total. The topological polar surface area (TPSA) is 68.2 Å². The van der Waals surface area contributed by atoms with Crippen molar-refractivity contribution in [3.63, 3.8) is 0 Å². The minimum absolute atomic E-state index is 0.127. The minimum Gasteiger partial charge on any atom is -0.466 e. The van der Waals surface area contributed by atoms with Crippen LogP contribution in [0.15, 0.2) is 29.4 Å². The molecule has 0 saturated carbocycles. The quantitative estimate of drug-likeness (QED) is 0.674. The van der Waals surface area contributed by atoms with Crippen LogP contribution in [0.25, 0.3) is 0 Å². The summed E-state index contributed by atoms with van der Waals surface area (Å²) in [4.78, 5) is 32.1. The first-order valence-corrected chi connectivity index (χ1v) is 10.1. The van der Waals surface area contributed by atoms with Crippen LogP contribution in [0.3, 0.4) is 0 Å². The van der Waals surface area contributed by atoms with Gasteiger partial charge in [-0.05, 0) is 52.3 Å². The number of carbonyl (C=O) groups is 2. The Labute approximate surface area is 166 Å². The van der Waals surface area contributed by atoms with Gasteiger partial charge in [0.15, 0.2) is 0 Å². The van der Waals surface area contributed by atoms with Crippen molar-refractivity contribution in [2.75, 3.05) is 26.2 Å². The Bertz CT molecular complexity index is 751. The molecule has 0 aliphatic carbocycles. The average Bonchev–Trinajstić information content (AvgIpc) is 3.11. The van der Waals surface area contributed by atoms with Crippen molar-refractivity contribution in [2.24, 2.45) is 10.6 Å². The van der Waals surface area contributed by atoms with Gasteiger partial charge in [-0.25, -0.2) is 0 Å². The number of rotatable bonds is 7. The van der Waals surface area contributed by atoms with Crippen LogP contribution in [-0.2, 0) is 19.2 Å². The second-order valence-corrected chi connectivity index (χ2v) is 7.97. The fourth-order valence-electron chi connectivity index (χ4n) is 4.26. The second kappa shape index (κ2) is 8.86. The Balaban J connectivity index is 1.67. The van der Waals surface area contributed by atoms with Crippen molar-refractivity contribution < 1.29 is 19.2 Å². The zero-order chi connectivity index (χ0) is 20.1. The van der Waals surface area contributed by atoms with Gasteiger partial charge in [-0.15, -0.1) is 0 Å². The molecule has 0 amide bonds. The van der Waals surface area contributed by atoms with E-state index in [0.29, 0.717) is 38.8 Å². The Hall–Kier alpha value is -2.21. The van der Waals surface area contributed by atoms with Crippen molar-refractivity contribution in [2.45, 2.75) is 52.6 Å². The number of hydrogen-bond donors (Lipinski definition) is 0. The van der Waals surface area contributed by atoms with Gasteiger partial charge in [-0.2, -0.15) is 0 Å². The van der Waals surface area contributed by atoms with E-state index in [1.807, 2.05) is 19.1 Å². The van der Waals surface area contributed by atoms with Gasteiger partial charge in [0, 0.05) is 18.4 Å². The first-order valence-electron chi connectivity index (χ1n) is 10.1. The van der Waals surface area contributed by atoms with Crippen LogP contribution in [-0.4, -0.2) is 54.7 Å². The van der Waals surface area contributed by atoms with Gasteiger partial charge < -0.3 is 9.57 Å². The van der Waals surface area contributed by atoms with Crippen LogP contribution in [0.1, 0.15) is 50.7 Å². The summed E-state index contributed by atoms with van der Waals surface area (Å²) in [6.07, 6.45) is 2.53. The fraction of sp³-hybridized carbons (Fsp3) is 0.591. The summed E-state index contributed by atoms with van der Waals surface area (Å²) in [6.45, 7) is 7.75. The van der Waals surface area contributed by atoms with Crippen LogP contribution in [0.5, 0.6) is 0 Å². The third kappa shape index (κ3) is 4.61. The van der Waals surface area contributed by atoms with Crippen molar-refractivity contribution in [1.82, 2.24) is 4.90 Å². The SMILES string of the molecule is CCOC(=O)C1(C[C@H]2CC(c3ccccc3C)=NO2)CCN(CC(C)=O)CC1. The number of esters is 1. The lowest BCUT2D eigenvalue weighted by molar-refractivity contribution is -0.161. The van der Waals surface area contributed by atoms with Crippen LogP contribution in [0.2, 0.25) is 0 Å². The van der Waals surface area contributed by atoms with Gasteiger partial charge in [-0.3, -0.25) is 14.5 Å². The molecule has 152 valence electrons. The van der Waals surface area contributed by atoms with Crippen molar-refractivity contribution in [3.05, 3.63) is 35.4 Å². The predicted molar refractivity (Wildman–Crippen MR) is 107 cm³/mol. The molecule has 1 fully saturated rings. The summed E-state index contributed by atoms with van der Waals surface area (Å²) >= 11 is 0. The Morgan fingerprint density at radius 2 is 2.00 bits per heavy atom. The van der Waals surface area contributed by atoms with E-state index >= 15 is 0 Å². The number of benzene rings is 1. The summed E-state index contributed by atoms with van der Waals surface area (Å²) in [5.41, 5.74) is 2.65. The fourth-order valence-corrected chi connectivity index (χ4v) is 4.26. The molecule has 1 saturated heterocycles. The normalized spacial score (nSPS) is 21.7. The molecule has 0 N–H and O–H groups in total. The van der Waals surface area contributed by atoms with Crippen LogP contribution >= 0.6 is 0 Å². The monoisotopic (exact) mass is 386 g/mol. The lowest BCUT2D eigenvalue weighted by Crippen LogP contribution is -2.47. The van der Waals surface area contributed by atoms with E-state index in [9.17, 15) is 9.59 Å². The Kier molecular flexibility index (Phi) is 6.50. The molecule has 2 aliphatic rings. The zero-order valence-corrected chi connectivity index (χ0v) is 17.1. The number of oxime groups is 1. The molecular formula is C22H30N2O4. The molecule has 6 heteroatoms. The molecule has 0 bridgehead atoms. The van der Waals surface area contributed by atoms with E-state index < -0.39 is 5.41 Å². The Morgan fingerprint density at radius 1 is 1.29 bits per heavy atom. The van der Waals surface area contributed by atoms with E-state index in [-0.39, 0.29) is 17.9 Å². The molecule has 1 aromatic carbocycles. The molecule has 1 aromatic rings. The van der Waals surface area contributed by atoms with Gasteiger partial charge in [0.2, 0.25) is 0 Å². The maximum Gasteiger partial charge on any atom is 0.312 e. The first-order chi connectivity index (χ1) is 13.4. The van der Waals surface area contributed by atoms with Crippen molar-refractivity contribution >= 4 is 17.5 Å². The summed E-state index contributed by atoms with van der Waals surface area (Å²) < 4.78 is 5.42. The smallest absolute Gasteiger partial charge is 0.312 e. The summed E-state index contributed by atoms with van der Waals surface area (Å²) in [5, 5.41) is 4.31. The van der Waals surface area contributed by atoms with Crippen molar-refractivity contribution in [3.8, 4) is 0 Å². The number of likely N-dealkylation sites (tertiary alicyclic amines) is 1. The number of carbonyl (C=O) groups excluding carboxylic acids is 2. The van der Waals surface area contributed by atoms with E-state index in [0.717, 1.165) is 24.4 Å². The summed E-state index contributed by atoms with van der Waals surface area (Å²) in [6, 6.07) is 8.14. The summed E-state index contributed by atoms with van der Waals surface area (Å²) in [5.74, 6) is 0.00412. The third-order valence-electron chi connectivity index (χ3n) is 5.78. The highest BCUT2D eigenvalue weighted by Crippen LogP contribution is 2.40. The maximum atomic E-state index is 12.8. The number of piperidine rings is 1. The van der Waals surface area contributed by atoms with Gasteiger partial charge in [0.1, 0.15) is 11.9 Å². The van der Waals surface area contributed by atoms with Gasteiger partial charge in [0.25, 0.3) is 0 Å². The number of aryl methyl sites for hydroxylation is 1. The molecular weight excluding hydrogens is 356 g/mol. The molecule has 0 radical (unpaired) electrons. The lowest BCUT2D eigenvalue weighted by atomic mass is 9.73. The largest absolute Gasteiger partial charge is 0.466 e. The second-order valence-electron chi connectivity index (χ2n) is 7.97. The highest BCUT2D eigenvalue weighted by atomic mass is 16.6. The molecule has 2 heterocycles. The van der Waals surface area contributed by atoms with Crippen LogP contribution < -0.4 is 0 Å². The predicted octanol–water partition coefficient (Wildman–Crippen LogP) is 3.11. The molecule has 0 aromatic heterocycles. The van der Waals surface area contributed by atoms with Crippen LogP contribution in [0, 0.1) is 12.3 Å². The van der Waals surface area contributed by atoms with E-state index in [2.05, 4.69) is 29.1 Å². The minimum atomic E-state index is -0.565. The number of hydrogen-bond acceptors (Lipinski definition) is 6. The van der Waals surface area contributed by atoms with E-state index in [1.54, 1.807) is 6.92 Å². The lowest BCUT2D eigenvalue weighted by Gasteiger charge is -2.40. The Morgan fingerprint density at radius 3 is 2.64 bits per heavy atom. The number of ether oxygens (including phenoxy) is 1. The van der Waals surface area contributed by atoms with Gasteiger partial charge in [0.05, 0.1) is 24.3 Å². The van der Waals surface area contributed by atoms with Crippen LogP contribution in [0.4, 0.5) is 0 Å². The highest BCUT2D eigenvalue weighted by molar-refractivity contribution is 6.02. The molecule has 28 heavy (non-hydrogen) atoms. The summed E-state index contributed by atoms with van der Waals surface area (Å²) in [7, 11) is 0. The maximum absolute atomic E-state index is 12.8. The standard InChI is InChI=1S/C22H30N2O4/c1-4-27-21(26)22(9-11-24(12-10-22)15-17(3)25)14-18-13-20(23-28-18)19-8-6-5-7-16(19)2/h5-8,18H,4,9-15H2,1-3H3/t18-/m1/s1. The average molecular weight is 386 g/mol. The number of nitrogens with zero attached hydrogens (tertiary/aromatic N) is 2. The van der Waals surface area contributed by atoms with Gasteiger partial charge >= 0.3 is 5.97 Å². The number of Topliss-reactive ketones (excluding diaryl/α,β-unsaturated/α-hetero) is 1. The molecule has 0 unspecified atom stereocenters. The van der Waals surface area contributed by atoms with Crippen molar-refractivity contribution in [1.29, 1.82) is 0 Å². The van der Waals surface area contributed by atoms with Gasteiger partial charge in [-0.1, -0.05) is 29.4 Å².